The maximum Gasteiger partial charge on any atom is 0.490 e. The first kappa shape index (κ1) is 29.6. The number of carbonyl (C=O) groups is 1. The van der Waals surface area contributed by atoms with Crippen LogP contribution in [0.4, 0.5) is 13.2 Å². The smallest absolute Gasteiger partial charge is 0.484 e. The van der Waals surface area contributed by atoms with E-state index in [0.29, 0.717) is 37.7 Å². The Morgan fingerprint density at radius 3 is 2.49 bits per heavy atom. The number of benzene rings is 2. The fraction of sp³-hybridized carbons (Fsp3) is 0.417. The Bertz CT molecular complexity index is 1230. The van der Waals surface area contributed by atoms with Crippen LogP contribution in [0.15, 0.2) is 24.3 Å². The minimum Gasteiger partial charge on any atom is -0.484 e. The maximum atomic E-state index is 10.6. The van der Waals surface area contributed by atoms with Crippen LogP contribution in [0.2, 0.25) is 20.1 Å². The van der Waals surface area contributed by atoms with Crippen molar-refractivity contribution < 1.29 is 27.8 Å². The first-order valence-corrected chi connectivity index (χ1v) is 12.9. The number of halogens is 7. The second kappa shape index (κ2) is 13.2. The molecular weight excluding hydrogens is 577 g/mol. The molecule has 4 rings (SSSR count). The van der Waals surface area contributed by atoms with E-state index in [1.165, 1.54) is 19.3 Å². The maximum absolute atomic E-state index is 10.6. The molecule has 1 saturated heterocycles. The number of fused-ring (bicyclic) bond motifs is 1. The highest BCUT2D eigenvalue weighted by atomic mass is 35.5. The number of nitrogens with zero attached hydrogens (tertiary/aromatic N) is 1. The molecule has 1 aliphatic heterocycles. The van der Waals surface area contributed by atoms with Gasteiger partial charge in [0.2, 0.25) is 0 Å². The number of aromatic amines is 1. The lowest BCUT2D eigenvalue weighted by Gasteiger charge is -2.23. The fourth-order valence-corrected chi connectivity index (χ4v) is 4.87. The van der Waals surface area contributed by atoms with Crippen LogP contribution in [-0.4, -0.2) is 39.8 Å². The van der Waals surface area contributed by atoms with Gasteiger partial charge in [-0.15, -0.1) is 0 Å². The normalized spacial score (nSPS) is 15.8. The summed E-state index contributed by atoms with van der Waals surface area (Å²) >= 11 is 25.1. The quantitative estimate of drug-likeness (QED) is 0.257. The number of alkyl halides is 3. The van der Waals surface area contributed by atoms with Crippen molar-refractivity contribution in [2.75, 3.05) is 6.54 Å². The molecule has 1 unspecified atom stereocenters. The van der Waals surface area contributed by atoms with Crippen molar-refractivity contribution in [3.8, 4) is 5.75 Å². The van der Waals surface area contributed by atoms with Crippen LogP contribution < -0.4 is 10.1 Å². The molecule has 0 amide bonds. The van der Waals surface area contributed by atoms with Gasteiger partial charge in [-0.05, 0) is 62.9 Å². The topological polar surface area (TPSA) is 87.2 Å². The van der Waals surface area contributed by atoms with E-state index < -0.39 is 12.1 Å². The molecule has 3 N–H and O–H groups in total. The molecule has 202 valence electrons. The summed E-state index contributed by atoms with van der Waals surface area (Å²) in [5, 5.41) is 12.9. The van der Waals surface area contributed by atoms with Gasteiger partial charge in [-0.25, -0.2) is 9.78 Å². The molecule has 0 saturated carbocycles. The number of nitrogens with one attached hydrogen (secondary N) is 2. The summed E-state index contributed by atoms with van der Waals surface area (Å²) in [6.45, 7) is 1.36. The number of carboxylic acids is 1. The molecule has 0 spiro atoms. The van der Waals surface area contributed by atoms with E-state index in [0.717, 1.165) is 42.4 Å². The Hall–Kier alpha value is -1.91. The molecule has 0 radical (unpaired) electrons. The SMILES string of the molecule is Clc1ccc(OCc2nc3c(CCCC4CCCCN4)c(Cl)c(Cl)cc3[nH]2)c(Cl)c1.O=C(O)C(F)(F)F. The fourth-order valence-electron chi connectivity index (χ4n) is 3.94. The van der Waals surface area contributed by atoms with Crippen LogP contribution in [0.1, 0.15) is 43.5 Å². The summed E-state index contributed by atoms with van der Waals surface area (Å²) in [6, 6.07) is 7.54. The summed E-state index contributed by atoms with van der Waals surface area (Å²) < 4.78 is 37.5. The predicted molar refractivity (Wildman–Crippen MR) is 139 cm³/mol. The van der Waals surface area contributed by atoms with Crippen molar-refractivity contribution in [1.82, 2.24) is 15.3 Å². The van der Waals surface area contributed by atoms with Gasteiger partial charge in [-0.3, -0.25) is 0 Å². The number of carboxylic acid groups (broad SMARTS) is 1. The third-order valence-corrected chi connectivity index (χ3v) is 7.06. The molecule has 0 aliphatic carbocycles. The first-order valence-electron chi connectivity index (χ1n) is 11.4. The van der Waals surface area contributed by atoms with Gasteiger partial charge in [-0.1, -0.05) is 52.8 Å². The molecule has 1 aromatic heterocycles. The van der Waals surface area contributed by atoms with E-state index in [2.05, 4.69) is 10.3 Å². The number of hydrogen-bond donors (Lipinski definition) is 3. The largest absolute Gasteiger partial charge is 0.490 e. The number of imidazole rings is 1. The molecular formula is C24H24Cl4F3N3O3. The van der Waals surface area contributed by atoms with E-state index in [1.807, 2.05) is 6.07 Å². The van der Waals surface area contributed by atoms with Crippen molar-refractivity contribution in [3.05, 3.63) is 55.7 Å². The lowest BCUT2D eigenvalue weighted by Crippen LogP contribution is -2.33. The third-order valence-electron chi connectivity index (χ3n) is 5.70. The number of H-pyrrole nitrogens is 1. The molecule has 0 bridgehead atoms. The molecule has 2 heterocycles. The van der Waals surface area contributed by atoms with Crippen LogP contribution in [0.3, 0.4) is 0 Å². The van der Waals surface area contributed by atoms with Crippen molar-refractivity contribution in [1.29, 1.82) is 0 Å². The first-order chi connectivity index (χ1) is 17.5. The average molecular weight is 601 g/mol. The number of rotatable bonds is 7. The Morgan fingerprint density at radius 1 is 1.14 bits per heavy atom. The van der Waals surface area contributed by atoms with Gasteiger partial charge in [0.1, 0.15) is 18.2 Å². The van der Waals surface area contributed by atoms with Crippen LogP contribution in [0.5, 0.6) is 5.75 Å². The van der Waals surface area contributed by atoms with Crippen molar-refractivity contribution in [2.45, 2.75) is 57.3 Å². The lowest BCUT2D eigenvalue weighted by molar-refractivity contribution is -0.192. The van der Waals surface area contributed by atoms with E-state index in [9.17, 15) is 13.2 Å². The lowest BCUT2D eigenvalue weighted by atomic mass is 9.97. The van der Waals surface area contributed by atoms with Gasteiger partial charge >= 0.3 is 12.1 Å². The third kappa shape index (κ3) is 8.55. The number of aliphatic carboxylic acids is 1. The van der Waals surface area contributed by atoms with E-state index >= 15 is 0 Å². The predicted octanol–water partition coefficient (Wildman–Crippen LogP) is 7.85. The van der Waals surface area contributed by atoms with E-state index in [-0.39, 0.29) is 6.61 Å². The van der Waals surface area contributed by atoms with E-state index in [1.54, 1.807) is 18.2 Å². The molecule has 1 atom stereocenters. The zero-order valence-electron chi connectivity index (χ0n) is 19.4. The van der Waals surface area contributed by atoms with Crippen LogP contribution in [0, 0.1) is 0 Å². The second-order valence-electron chi connectivity index (χ2n) is 8.44. The van der Waals surface area contributed by atoms with Crippen LogP contribution >= 0.6 is 46.4 Å². The monoisotopic (exact) mass is 599 g/mol. The van der Waals surface area contributed by atoms with Crippen molar-refractivity contribution >= 4 is 63.4 Å². The van der Waals surface area contributed by atoms with Crippen molar-refractivity contribution in [2.24, 2.45) is 0 Å². The second-order valence-corrected chi connectivity index (χ2v) is 10.1. The summed E-state index contributed by atoms with van der Waals surface area (Å²) in [5.74, 6) is -1.52. The Kier molecular flexibility index (Phi) is 10.6. The Morgan fingerprint density at radius 2 is 1.86 bits per heavy atom. The molecule has 2 aromatic carbocycles. The summed E-state index contributed by atoms with van der Waals surface area (Å²) in [5.41, 5.74) is 2.69. The van der Waals surface area contributed by atoms with Gasteiger partial charge in [0.25, 0.3) is 0 Å². The summed E-state index contributed by atoms with van der Waals surface area (Å²) in [7, 11) is 0. The Labute approximate surface area is 231 Å². The highest BCUT2D eigenvalue weighted by molar-refractivity contribution is 6.43. The highest BCUT2D eigenvalue weighted by Crippen LogP contribution is 2.34. The number of aryl methyl sites for hydroxylation is 1. The Balaban J connectivity index is 0.000000479. The standard InChI is InChI=1S/C22H23Cl4N3O.C2HF3O2/c23-13-7-8-19(16(24)10-13)30-12-20-28-18-11-17(25)21(26)15(22(18)29-20)6-3-5-14-4-1-2-9-27-14;3-2(4,5)1(6)7/h7-8,10-11,14,27H,1-6,9,12H2,(H,28,29);(H,6,7). The highest BCUT2D eigenvalue weighted by Gasteiger charge is 2.38. The minimum atomic E-state index is -5.08. The molecule has 1 fully saturated rings. The average Bonchev–Trinajstić information content (AvgIpc) is 3.23. The molecule has 1 aliphatic rings. The van der Waals surface area contributed by atoms with Crippen LogP contribution in [-0.2, 0) is 17.8 Å². The summed E-state index contributed by atoms with van der Waals surface area (Å²) in [6.07, 6.45) is 1.74. The van der Waals surface area contributed by atoms with Gasteiger partial charge in [0.15, 0.2) is 0 Å². The zero-order valence-corrected chi connectivity index (χ0v) is 22.4. The minimum absolute atomic E-state index is 0.247. The molecule has 13 heteroatoms. The molecule has 37 heavy (non-hydrogen) atoms. The molecule has 6 nitrogen and oxygen atoms in total. The zero-order chi connectivity index (χ0) is 27.2. The van der Waals surface area contributed by atoms with Crippen molar-refractivity contribution in [3.63, 3.8) is 0 Å². The van der Waals surface area contributed by atoms with Crippen LogP contribution in [0.25, 0.3) is 11.0 Å². The van der Waals surface area contributed by atoms with Gasteiger partial charge in [0, 0.05) is 16.6 Å². The van der Waals surface area contributed by atoms with Gasteiger partial charge in [0.05, 0.1) is 26.1 Å². The summed E-state index contributed by atoms with van der Waals surface area (Å²) in [4.78, 5) is 16.9. The molecule has 3 aromatic rings. The van der Waals surface area contributed by atoms with Gasteiger partial charge < -0.3 is 20.1 Å². The number of hydrogen-bond acceptors (Lipinski definition) is 4. The number of piperidine rings is 1. The number of ether oxygens (including phenoxy) is 1. The van der Waals surface area contributed by atoms with Gasteiger partial charge in [-0.2, -0.15) is 13.2 Å². The number of aromatic nitrogens is 2. The van der Waals surface area contributed by atoms with E-state index in [4.69, 9.17) is 66.0 Å².